The van der Waals surface area contributed by atoms with E-state index in [2.05, 4.69) is 15.3 Å². The molecule has 1 aliphatic heterocycles. The minimum Gasteiger partial charge on any atom is -0.497 e. The van der Waals surface area contributed by atoms with Gasteiger partial charge in [-0.15, -0.1) is 0 Å². The summed E-state index contributed by atoms with van der Waals surface area (Å²) >= 11 is 6.58. The third kappa shape index (κ3) is 6.28. The molecule has 12 nitrogen and oxygen atoms in total. The number of aliphatic carboxylic acids is 1. The quantitative estimate of drug-likeness (QED) is 0.246. The Morgan fingerprint density at radius 3 is 2.16 bits per heavy atom. The van der Waals surface area contributed by atoms with Crippen LogP contribution in [0.5, 0.6) is 29.3 Å². The summed E-state index contributed by atoms with van der Waals surface area (Å²) in [7, 11) is 5.88. The van der Waals surface area contributed by atoms with Crippen LogP contribution in [-0.4, -0.2) is 68.0 Å². The number of nitrogens with zero attached hydrogens (tertiary/aromatic N) is 3. The molecule has 1 amide bonds. The number of benzene rings is 3. The highest BCUT2D eigenvalue weighted by Crippen LogP contribution is 2.44. The summed E-state index contributed by atoms with van der Waals surface area (Å²) in [4.78, 5) is 37.1. The van der Waals surface area contributed by atoms with E-state index in [0.29, 0.717) is 33.3 Å². The lowest BCUT2D eigenvalue weighted by molar-refractivity contribution is -0.149. The highest BCUT2D eigenvalue weighted by atomic mass is 35.5. The number of hydrogen-bond donors (Lipinski definition) is 2. The molecular weight excluding hydrogens is 604 g/mol. The number of carboxylic acids is 1. The number of aromatic nitrogens is 2. The van der Waals surface area contributed by atoms with Crippen molar-refractivity contribution in [2.24, 2.45) is 0 Å². The Labute approximate surface area is 264 Å². The van der Waals surface area contributed by atoms with Crippen molar-refractivity contribution in [3.8, 4) is 29.3 Å². The van der Waals surface area contributed by atoms with Gasteiger partial charge in [0, 0.05) is 22.3 Å². The SMILES string of the molecule is COc1cc(CN2C(=O)CN[C@](c3ccccc3)([C@H](Oc3nc(OC)cc(OC)n3)C(=O)O)c3cc(Cl)ccc32)cc(OC)c1. The van der Waals surface area contributed by atoms with Gasteiger partial charge < -0.3 is 33.7 Å². The molecule has 0 fully saturated rings. The molecule has 0 bridgehead atoms. The van der Waals surface area contributed by atoms with Gasteiger partial charge in [-0.05, 0) is 41.5 Å². The summed E-state index contributed by atoms with van der Waals surface area (Å²) in [6.07, 6.45) is -1.72. The Hall–Kier alpha value is -5.07. The Kier molecular flexibility index (Phi) is 9.26. The molecule has 45 heavy (non-hydrogen) atoms. The van der Waals surface area contributed by atoms with E-state index in [1.54, 1.807) is 85.8 Å². The van der Waals surface area contributed by atoms with Crippen LogP contribution in [-0.2, 0) is 21.7 Å². The Morgan fingerprint density at radius 1 is 0.933 bits per heavy atom. The third-order valence-corrected chi connectivity index (χ3v) is 7.63. The second-order valence-electron chi connectivity index (χ2n) is 9.96. The summed E-state index contributed by atoms with van der Waals surface area (Å²) < 4.78 is 27.5. The van der Waals surface area contributed by atoms with Crippen LogP contribution in [0, 0.1) is 0 Å². The van der Waals surface area contributed by atoms with Crippen LogP contribution in [0.25, 0.3) is 0 Å². The topological polar surface area (TPSA) is 142 Å². The first-order valence-electron chi connectivity index (χ1n) is 13.7. The number of fused-ring (bicyclic) bond motifs is 1. The number of rotatable bonds is 11. The fraction of sp³-hybridized carbons (Fsp3) is 0.250. The van der Waals surface area contributed by atoms with Crippen molar-refractivity contribution in [2.75, 3.05) is 39.9 Å². The van der Waals surface area contributed by atoms with Crippen LogP contribution in [0.2, 0.25) is 5.02 Å². The number of carboxylic acid groups (broad SMARTS) is 1. The largest absolute Gasteiger partial charge is 0.497 e. The second-order valence-corrected chi connectivity index (χ2v) is 10.4. The van der Waals surface area contributed by atoms with Crippen molar-refractivity contribution in [3.63, 3.8) is 0 Å². The Morgan fingerprint density at radius 2 is 1.58 bits per heavy atom. The molecule has 0 spiro atoms. The lowest BCUT2D eigenvalue weighted by atomic mass is 9.77. The average Bonchev–Trinajstić information content (AvgIpc) is 3.17. The van der Waals surface area contributed by atoms with Crippen LogP contribution >= 0.6 is 11.6 Å². The lowest BCUT2D eigenvalue weighted by Crippen LogP contribution is -2.58. The Balaban J connectivity index is 1.73. The van der Waals surface area contributed by atoms with E-state index in [1.807, 2.05) is 0 Å². The predicted octanol–water partition coefficient (Wildman–Crippen LogP) is 4.08. The standard InChI is InChI=1S/C32H31ClN4O8/c1-41-22-12-19(13-23(15-22)42-2)18-37-25-11-10-21(33)14-24(25)32(34-17-28(37)38,20-8-6-5-7-9-20)29(30(39)40)45-31-35-26(43-3)16-27(36-31)44-4/h5-16,29,34H,17-18H2,1-4H3,(H,39,40)/t29-,32+/m1/s1. The highest BCUT2D eigenvalue weighted by molar-refractivity contribution is 6.30. The maximum absolute atomic E-state index is 13.9. The molecule has 0 saturated heterocycles. The molecule has 234 valence electrons. The molecule has 5 rings (SSSR count). The van der Waals surface area contributed by atoms with Gasteiger partial charge in [-0.2, -0.15) is 9.97 Å². The first-order valence-corrected chi connectivity index (χ1v) is 14.1. The van der Waals surface area contributed by atoms with E-state index in [-0.39, 0.29) is 36.8 Å². The van der Waals surface area contributed by atoms with E-state index in [9.17, 15) is 14.7 Å². The fourth-order valence-corrected chi connectivity index (χ4v) is 5.50. The monoisotopic (exact) mass is 634 g/mol. The molecule has 0 aliphatic carbocycles. The smallest absolute Gasteiger partial charge is 0.347 e. The number of hydrogen-bond acceptors (Lipinski definition) is 10. The second kappa shape index (κ2) is 13.3. The van der Waals surface area contributed by atoms with Crippen LogP contribution in [0.4, 0.5) is 5.69 Å². The molecule has 0 unspecified atom stereocenters. The number of halogens is 1. The van der Waals surface area contributed by atoms with E-state index in [0.717, 1.165) is 5.56 Å². The summed E-state index contributed by atoms with van der Waals surface area (Å²) in [6.45, 7) is -0.153. The van der Waals surface area contributed by atoms with Gasteiger partial charge in [-0.1, -0.05) is 41.9 Å². The van der Waals surface area contributed by atoms with Crippen molar-refractivity contribution < 1.29 is 38.4 Å². The van der Waals surface area contributed by atoms with Crippen molar-refractivity contribution in [1.82, 2.24) is 15.3 Å². The zero-order valence-corrected chi connectivity index (χ0v) is 25.7. The van der Waals surface area contributed by atoms with Crippen LogP contribution in [0.1, 0.15) is 16.7 Å². The summed E-state index contributed by atoms with van der Waals surface area (Å²) in [6, 6.07) is 20.2. The summed E-state index contributed by atoms with van der Waals surface area (Å²) in [5.74, 6) is -0.396. The fourth-order valence-electron chi connectivity index (χ4n) is 5.33. The van der Waals surface area contributed by atoms with Gasteiger partial charge in [0.15, 0.2) is 0 Å². The molecule has 0 saturated carbocycles. The van der Waals surface area contributed by atoms with Gasteiger partial charge >= 0.3 is 12.0 Å². The summed E-state index contributed by atoms with van der Waals surface area (Å²) in [5, 5.41) is 14.4. The third-order valence-electron chi connectivity index (χ3n) is 7.39. The minimum absolute atomic E-state index is 0.0992. The lowest BCUT2D eigenvalue weighted by Gasteiger charge is -2.39. The zero-order valence-electron chi connectivity index (χ0n) is 24.9. The predicted molar refractivity (Wildman–Crippen MR) is 165 cm³/mol. The number of methoxy groups -OCH3 is 4. The molecule has 2 heterocycles. The molecule has 1 aromatic heterocycles. The van der Waals surface area contributed by atoms with Crippen LogP contribution < -0.4 is 33.9 Å². The normalized spacial score (nSPS) is 16.6. The van der Waals surface area contributed by atoms with E-state index in [1.165, 1.54) is 20.3 Å². The van der Waals surface area contributed by atoms with Gasteiger partial charge in [-0.25, -0.2) is 4.79 Å². The van der Waals surface area contributed by atoms with Crippen LogP contribution in [0.3, 0.4) is 0 Å². The Bertz CT molecular complexity index is 1660. The molecular formula is C32H31ClN4O8. The van der Waals surface area contributed by atoms with Crippen molar-refractivity contribution in [3.05, 3.63) is 94.5 Å². The highest BCUT2D eigenvalue weighted by Gasteiger charge is 2.52. The number of ether oxygens (including phenoxy) is 5. The summed E-state index contributed by atoms with van der Waals surface area (Å²) in [5.41, 5.74) is 0.330. The van der Waals surface area contributed by atoms with E-state index < -0.39 is 17.6 Å². The molecule has 13 heteroatoms. The zero-order chi connectivity index (χ0) is 32.1. The van der Waals surface area contributed by atoms with E-state index in [4.69, 9.17) is 35.3 Å². The van der Waals surface area contributed by atoms with Gasteiger partial charge in [0.2, 0.25) is 23.8 Å². The first kappa shape index (κ1) is 31.4. The number of anilines is 1. The van der Waals surface area contributed by atoms with Gasteiger partial charge in [-0.3, -0.25) is 10.1 Å². The van der Waals surface area contributed by atoms with Crippen LogP contribution in [0.15, 0.2) is 72.8 Å². The molecule has 3 aromatic carbocycles. The van der Waals surface area contributed by atoms with Gasteiger partial charge in [0.05, 0.1) is 47.6 Å². The molecule has 2 N–H and O–H groups in total. The number of amides is 1. The molecule has 2 atom stereocenters. The van der Waals surface area contributed by atoms with Gasteiger partial charge in [0.1, 0.15) is 17.0 Å². The molecule has 4 aromatic rings. The maximum atomic E-state index is 13.9. The average molecular weight is 635 g/mol. The number of carbonyl (C=O) groups is 2. The van der Waals surface area contributed by atoms with Crippen molar-refractivity contribution >= 4 is 29.2 Å². The first-order chi connectivity index (χ1) is 21.7. The van der Waals surface area contributed by atoms with E-state index >= 15 is 0 Å². The minimum atomic E-state index is -1.72. The number of nitrogens with one attached hydrogen (secondary N) is 1. The van der Waals surface area contributed by atoms with Gasteiger partial charge in [0.25, 0.3) is 0 Å². The number of carbonyl (C=O) groups excluding carboxylic acids is 1. The molecule has 0 radical (unpaired) electrons. The molecule has 1 aliphatic rings. The maximum Gasteiger partial charge on any atom is 0.347 e. The van der Waals surface area contributed by atoms with Crippen molar-refractivity contribution in [2.45, 2.75) is 18.2 Å². The van der Waals surface area contributed by atoms with Crippen molar-refractivity contribution in [1.29, 1.82) is 0 Å².